The topological polar surface area (TPSA) is 12.0 Å². The Hall–Kier alpha value is -1.12. The summed E-state index contributed by atoms with van der Waals surface area (Å²) in [4.78, 5) is 2.27. The third-order valence-corrected chi connectivity index (χ3v) is 3.96. The minimum Gasteiger partial charge on any atom is -0.380 e. The lowest BCUT2D eigenvalue weighted by Crippen LogP contribution is -2.25. The van der Waals surface area contributed by atoms with Gasteiger partial charge in [0.15, 0.2) is 0 Å². The summed E-state index contributed by atoms with van der Waals surface area (Å²) >= 11 is 7.84. The van der Waals surface area contributed by atoms with Crippen molar-refractivity contribution in [3.05, 3.63) is 53.6 Å². The van der Waals surface area contributed by atoms with Crippen LogP contribution < -0.4 is 5.32 Å². The highest BCUT2D eigenvalue weighted by molar-refractivity contribution is 7.99. The SMILES string of the molecule is CC(C)(C)Nc1ccc(Sc2ccccc2Cl)cc1. The Kier molecular flexibility index (Phi) is 4.43. The molecule has 3 heteroatoms. The predicted molar refractivity (Wildman–Crippen MR) is 85.4 cm³/mol. The van der Waals surface area contributed by atoms with Crippen LogP contribution in [0, 0.1) is 0 Å². The van der Waals surface area contributed by atoms with Crippen LogP contribution in [0.3, 0.4) is 0 Å². The van der Waals surface area contributed by atoms with Crippen molar-refractivity contribution in [1.29, 1.82) is 0 Å². The molecule has 0 aliphatic carbocycles. The summed E-state index contributed by atoms with van der Waals surface area (Å²) in [6.07, 6.45) is 0. The highest BCUT2D eigenvalue weighted by Crippen LogP contribution is 2.33. The Morgan fingerprint density at radius 2 is 1.58 bits per heavy atom. The zero-order valence-electron chi connectivity index (χ0n) is 11.4. The molecule has 0 amide bonds. The summed E-state index contributed by atoms with van der Waals surface area (Å²) in [5, 5.41) is 4.24. The van der Waals surface area contributed by atoms with E-state index in [0.29, 0.717) is 0 Å². The minimum atomic E-state index is 0.0808. The smallest absolute Gasteiger partial charge is 0.0545 e. The first kappa shape index (κ1) is 14.3. The van der Waals surface area contributed by atoms with Crippen LogP contribution in [0.5, 0.6) is 0 Å². The fraction of sp³-hybridized carbons (Fsp3) is 0.250. The van der Waals surface area contributed by atoms with E-state index < -0.39 is 0 Å². The van der Waals surface area contributed by atoms with Crippen LogP contribution in [0.25, 0.3) is 0 Å². The van der Waals surface area contributed by atoms with E-state index in [1.807, 2.05) is 24.3 Å². The lowest BCUT2D eigenvalue weighted by molar-refractivity contribution is 0.634. The molecule has 0 unspecified atom stereocenters. The first-order chi connectivity index (χ1) is 8.94. The predicted octanol–water partition coefficient (Wildman–Crippen LogP) is 5.70. The van der Waals surface area contributed by atoms with Crippen molar-refractivity contribution in [3.8, 4) is 0 Å². The first-order valence-corrected chi connectivity index (χ1v) is 7.44. The number of rotatable bonds is 3. The maximum Gasteiger partial charge on any atom is 0.0545 e. The van der Waals surface area contributed by atoms with Gasteiger partial charge in [-0.05, 0) is 57.2 Å². The first-order valence-electron chi connectivity index (χ1n) is 6.25. The second-order valence-electron chi connectivity index (χ2n) is 5.43. The summed E-state index contributed by atoms with van der Waals surface area (Å²) in [5.74, 6) is 0. The van der Waals surface area contributed by atoms with Crippen LogP contribution in [-0.2, 0) is 0 Å². The van der Waals surface area contributed by atoms with E-state index >= 15 is 0 Å². The highest BCUT2D eigenvalue weighted by atomic mass is 35.5. The van der Waals surface area contributed by atoms with Crippen molar-refractivity contribution in [3.63, 3.8) is 0 Å². The normalized spacial score (nSPS) is 11.4. The van der Waals surface area contributed by atoms with E-state index in [9.17, 15) is 0 Å². The van der Waals surface area contributed by atoms with Crippen LogP contribution in [0.2, 0.25) is 5.02 Å². The van der Waals surface area contributed by atoms with Crippen molar-refractivity contribution < 1.29 is 0 Å². The summed E-state index contributed by atoms with van der Waals surface area (Å²) in [6, 6.07) is 16.3. The molecule has 2 aromatic rings. The molecule has 100 valence electrons. The van der Waals surface area contributed by atoms with E-state index in [1.165, 1.54) is 4.90 Å². The van der Waals surface area contributed by atoms with Crippen molar-refractivity contribution >= 4 is 29.1 Å². The molecule has 0 atom stereocenters. The van der Waals surface area contributed by atoms with Gasteiger partial charge in [0.2, 0.25) is 0 Å². The van der Waals surface area contributed by atoms with Gasteiger partial charge in [-0.1, -0.05) is 35.5 Å². The molecule has 2 aromatic carbocycles. The molecule has 1 N–H and O–H groups in total. The largest absolute Gasteiger partial charge is 0.380 e. The van der Waals surface area contributed by atoms with Gasteiger partial charge in [-0.15, -0.1) is 0 Å². The zero-order valence-corrected chi connectivity index (χ0v) is 13.0. The lowest BCUT2D eigenvalue weighted by atomic mass is 10.1. The van der Waals surface area contributed by atoms with Gasteiger partial charge in [-0.3, -0.25) is 0 Å². The molecular weight excluding hydrogens is 274 g/mol. The molecule has 1 nitrogen and oxygen atoms in total. The summed E-state index contributed by atoms with van der Waals surface area (Å²) in [6.45, 7) is 6.46. The molecule has 0 spiro atoms. The molecule has 0 radical (unpaired) electrons. The zero-order chi connectivity index (χ0) is 13.9. The summed E-state index contributed by atoms with van der Waals surface area (Å²) < 4.78 is 0. The fourth-order valence-corrected chi connectivity index (χ4v) is 2.78. The molecule has 0 saturated carbocycles. The summed E-state index contributed by atoms with van der Waals surface area (Å²) in [7, 11) is 0. The Balaban J connectivity index is 2.09. The molecule has 0 fully saturated rings. The molecule has 0 bridgehead atoms. The molecule has 0 heterocycles. The van der Waals surface area contributed by atoms with Gasteiger partial charge in [0.25, 0.3) is 0 Å². The number of hydrogen-bond acceptors (Lipinski definition) is 2. The van der Waals surface area contributed by atoms with E-state index in [-0.39, 0.29) is 5.54 Å². The van der Waals surface area contributed by atoms with Gasteiger partial charge in [0.1, 0.15) is 0 Å². The van der Waals surface area contributed by atoms with Crippen molar-refractivity contribution in [1.82, 2.24) is 0 Å². The maximum absolute atomic E-state index is 6.16. The number of nitrogens with one attached hydrogen (secondary N) is 1. The molecule has 19 heavy (non-hydrogen) atoms. The molecule has 0 aromatic heterocycles. The van der Waals surface area contributed by atoms with Crippen LogP contribution in [0.15, 0.2) is 58.3 Å². The molecule has 0 aliphatic rings. The van der Waals surface area contributed by atoms with Crippen molar-refractivity contribution in [2.24, 2.45) is 0 Å². The lowest BCUT2D eigenvalue weighted by Gasteiger charge is -2.22. The van der Waals surface area contributed by atoms with Gasteiger partial charge in [0, 0.05) is 21.0 Å². The average molecular weight is 292 g/mol. The maximum atomic E-state index is 6.16. The monoisotopic (exact) mass is 291 g/mol. The van der Waals surface area contributed by atoms with Crippen LogP contribution in [-0.4, -0.2) is 5.54 Å². The van der Waals surface area contributed by atoms with Crippen LogP contribution >= 0.6 is 23.4 Å². The number of halogens is 1. The number of anilines is 1. The van der Waals surface area contributed by atoms with Crippen molar-refractivity contribution in [2.45, 2.75) is 36.1 Å². The Morgan fingerprint density at radius 1 is 0.947 bits per heavy atom. The third-order valence-electron chi connectivity index (χ3n) is 2.44. The van der Waals surface area contributed by atoms with E-state index in [0.717, 1.165) is 15.6 Å². The summed E-state index contributed by atoms with van der Waals surface area (Å²) in [5.41, 5.74) is 1.22. The van der Waals surface area contributed by atoms with Crippen molar-refractivity contribution in [2.75, 3.05) is 5.32 Å². The van der Waals surface area contributed by atoms with E-state index in [2.05, 4.69) is 50.4 Å². The fourth-order valence-electron chi connectivity index (χ4n) is 1.69. The van der Waals surface area contributed by atoms with E-state index in [4.69, 9.17) is 11.6 Å². The Bertz CT molecular complexity index is 543. The van der Waals surface area contributed by atoms with Gasteiger partial charge < -0.3 is 5.32 Å². The van der Waals surface area contributed by atoms with Gasteiger partial charge in [0.05, 0.1) is 5.02 Å². The minimum absolute atomic E-state index is 0.0808. The van der Waals surface area contributed by atoms with Gasteiger partial charge >= 0.3 is 0 Å². The van der Waals surface area contributed by atoms with Crippen LogP contribution in [0.1, 0.15) is 20.8 Å². The third kappa shape index (κ3) is 4.48. The molecule has 0 saturated heterocycles. The standard InChI is InChI=1S/C16H18ClNS/c1-16(2,3)18-12-8-10-13(11-9-12)19-15-7-5-4-6-14(15)17/h4-11,18H,1-3H3. The Morgan fingerprint density at radius 3 is 2.16 bits per heavy atom. The number of hydrogen-bond donors (Lipinski definition) is 1. The second kappa shape index (κ2) is 5.89. The van der Waals surface area contributed by atoms with Gasteiger partial charge in [-0.25, -0.2) is 0 Å². The number of benzene rings is 2. The quantitative estimate of drug-likeness (QED) is 0.778. The molecule has 2 rings (SSSR count). The van der Waals surface area contributed by atoms with E-state index in [1.54, 1.807) is 11.8 Å². The molecular formula is C16H18ClNS. The second-order valence-corrected chi connectivity index (χ2v) is 6.95. The molecule has 0 aliphatic heterocycles. The average Bonchev–Trinajstić information content (AvgIpc) is 2.33. The Labute approximate surface area is 124 Å². The highest BCUT2D eigenvalue weighted by Gasteiger charge is 2.09. The van der Waals surface area contributed by atoms with Crippen LogP contribution in [0.4, 0.5) is 5.69 Å². The van der Waals surface area contributed by atoms with Gasteiger partial charge in [-0.2, -0.15) is 0 Å².